The second-order valence-electron chi connectivity index (χ2n) is 3.37. The molecular weight excluding hydrogens is 257 g/mol. The molecule has 0 N–H and O–H groups in total. The summed E-state index contributed by atoms with van der Waals surface area (Å²) in [6.07, 6.45) is -4.57. The molecule has 0 radical (unpaired) electrons. The van der Waals surface area contributed by atoms with Gasteiger partial charge in [0.2, 0.25) is 0 Å². The molecule has 1 rings (SSSR count). The maximum atomic E-state index is 11.8. The first-order valence-corrected chi connectivity index (χ1v) is 5.24. The van der Waals surface area contributed by atoms with Gasteiger partial charge in [0.15, 0.2) is 0 Å². The first-order chi connectivity index (χ1) is 7.92. The van der Waals surface area contributed by atoms with Crippen molar-refractivity contribution in [3.8, 4) is 5.75 Å². The van der Waals surface area contributed by atoms with Crippen molar-refractivity contribution in [3.63, 3.8) is 0 Å². The fourth-order valence-corrected chi connectivity index (χ4v) is 1.41. The van der Waals surface area contributed by atoms with Gasteiger partial charge in [-0.15, -0.1) is 0 Å². The zero-order valence-corrected chi connectivity index (χ0v) is 9.52. The van der Waals surface area contributed by atoms with Gasteiger partial charge in [-0.3, -0.25) is 4.79 Å². The van der Waals surface area contributed by atoms with Gasteiger partial charge in [0, 0.05) is 12.0 Å². The molecule has 0 fully saturated rings. The summed E-state index contributed by atoms with van der Waals surface area (Å²) in [5.41, 5.74) is 0.387. The Labute approximate surface area is 101 Å². The summed E-state index contributed by atoms with van der Waals surface area (Å²) < 4.78 is 40.6. The van der Waals surface area contributed by atoms with E-state index >= 15 is 0 Å². The van der Waals surface area contributed by atoms with Crippen LogP contribution in [0.25, 0.3) is 0 Å². The molecule has 0 atom stereocenters. The molecule has 2 nitrogen and oxygen atoms in total. The number of carbonyl (C=O) groups excluding carboxylic acids is 1. The van der Waals surface area contributed by atoms with Crippen molar-refractivity contribution < 1.29 is 22.7 Å². The molecule has 6 heteroatoms. The first kappa shape index (κ1) is 13.8. The number of benzene rings is 1. The number of hydrogen-bond acceptors (Lipinski definition) is 2. The van der Waals surface area contributed by atoms with E-state index in [1.807, 2.05) is 0 Å². The molecule has 0 aromatic heterocycles. The minimum atomic E-state index is -4.17. The van der Waals surface area contributed by atoms with Gasteiger partial charge in [0.05, 0.1) is 11.6 Å². The molecule has 0 aliphatic rings. The fourth-order valence-electron chi connectivity index (χ4n) is 1.16. The molecule has 1 aromatic carbocycles. The second-order valence-corrected chi connectivity index (χ2v) is 3.78. The Morgan fingerprint density at radius 2 is 2.06 bits per heavy atom. The van der Waals surface area contributed by atoms with E-state index in [9.17, 15) is 18.0 Å². The van der Waals surface area contributed by atoms with Crippen molar-refractivity contribution in [2.75, 3.05) is 6.61 Å². The van der Waals surface area contributed by atoms with Crippen molar-refractivity contribution in [1.82, 2.24) is 0 Å². The predicted molar refractivity (Wildman–Crippen MR) is 57.6 cm³/mol. The Kier molecular flexibility index (Phi) is 4.81. The fraction of sp³-hybridized carbons (Fsp3) is 0.364. The Morgan fingerprint density at radius 3 is 2.59 bits per heavy atom. The van der Waals surface area contributed by atoms with Crippen molar-refractivity contribution in [3.05, 3.63) is 28.8 Å². The second kappa shape index (κ2) is 5.91. The summed E-state index contributed by atoms with van der Waals surface area (Å²) in [5.74, 6) is 0.277. The maximum absolute atomic E-state index is 11.8. The van der Waals surface area contributed by atoms with Crippen molar-refractivity contribution >= 4 is 17.9 Å². The third kappa shape index (κ3) is 5.08. The molecule has 0 saturated heterocycles. The normalized spacial score (nSPS) is 11.3. The zero-order chi connectivity index (χ0) is 12.9. The number of halogens is 4. The van der Waals surface area contributed by atoms with Gasteiger partial charge in [0.25, 0.3) is 0 Å². The van der Waals surface area contributed by atoms with Crippen LogP contribution in [-0.2, 0) is 0 Å². The van der Waals surface area contributed by atoms with Crippen LogP contribution in [0.1, 0.15) is 23.2 Å². The summed E-state index contributed by atoms with van der Waals surface area (Å²) >= 11 is 5.77. The molecule has 0 bridgehead atoms. The quantitative estimate of drug-likeness (QED) is 0.597. The zero-order valence-electron chi connectivity index (χ0n) is 8.76. The monoisotopic (exact) mass is 266 g/mol. The summed E-state index contributed by atoms with van der Waals surface area (Å²) in [6.45, 7) is -0.0698. The molecule has 0 aliphatic carbocycles. The Morgan fingerprint density at radius 1 is 1.35 bits per heavy atom. The highest BCUT2D eigenvalue weighted by Crippen LogP contribution is 2.26. The largest absolute Gasteiger partial charge is 0.492 e. The number of carbonyl (C=O) groups is 1. The van der Waals surface area contributed by atoms with Gasteiger partial charge in [-0.2, -0.15) is 13.2 Å². The van der Waals surface area contributed by atoms with E-state index < -0.39 is 12.6 Å². The smallest absolute Gasteiger partial charge is 0.389 e. The van der Waals surface area contributed by atoms with Crippen LogP contribution in [0.15, 0.2) is 18.2 Å². The number of aldehydes is 1. The molecule has 0 saturated carbocycles. The Balaban J connectivity index is 2.44. The topological polar surface area (TPSA) is 26.3 Å². The average Bonchev–Trinajstić information content (AvgIpc) is 2.24. The number of alkyl halides is 3. The van der Waals surface area contributed by atoms with Gasteiger partial charge in [-0.1, -0.05) is 11.6 Å². The van der Waals surface area contributed by atoms with E-state index in [0.717, 1.165) is 0 Å². The van der Waals surface area contributed by atoms with E-state index in [2.05, 4.69) is 0 Å². The molecule has 1 aromatic rings. The number of rotatable bonds is 5. The molecule has 0 spiro atoms. The van der Waals surface area contributed by atoms with E-state index in [0.29, 0.717) is 11.8 Å². The maximum Gasteiger partial charge on any atom is 0.389 e. The lowest BCUT2D eigenvalue weighted by Gasteiger charge is -2.09. The van der Waals surface area contributed by atoms with Crippen molar-refractivity contribution in [2.45, 2.75) is 19.0 Å². The molecule has 0 amide bonds. The van der Waals surface area contributed by atoms with Gasteiger partial charge in [0.1, 0.15) is 12.0 Å². The highest BCUT2D eigenvalue weighted by molar-refractivity contribution is 6.32. The minimum absolute atomic E-state index is 0.0698. The van der Waals surface area contributed by atoms with Gasteiger partial charge in [-0.25, -0.2) is 0 Å². The summed E-state index contributed by atoms with van der Waals surface area (Å²) in [7, 11) is 0. The third-order valence-electron chi connectivity index (χ3n) is 1.95. The predicted octanol–water partition coefficient (Wildman–Crippen LogP) is 3.87. The van der Waals surface area contributed by atoms with Crippen LogP contribution in [-0.4, -0.2) is 19.1 Å². The lowest BCUT2D eigenvalue weighted by molar-refractivity contribution is -0.136. The molecule has 17 heavy (non-hydrogen) atoms. The van der Waals surface area contributed by atoms with E-state index in [-0.39, 0.29) is 23.8 Å². The van der Waals surface area contributed by atoms with E-state index in [1.54, 1.807) is 0 Å². The van der Waals surface area contributed by atoms with Crippen molar-refractivity contribution in [2.24, 2.45) is 0 Å². The van der Waals surface area contributed by atoms with E-state index in [1.165, 1.54) is 18.2 Å². The SMILES string of the molecule is O=Cc1ccc(OCCCC(F)(F)F)c(Cl)c1. The van der Waals surface area contributed by atoms with Crippen LogP contribution < -0.4 is 4.74 Å². The summed E-state index contributed by atoms with van der Waals surface area (Å²) in [6, 6.07) is 4.34. The summed E-state index contributed by atoms with van der Waals surface area (Å²) in [5, 5.41) is 0.210. The third-order valence-corrected chi connectivity index (χ3v) is 2.25. The average molecular weight is 267 g/mol. The lowest BCUT2D eigenvalue weighted by Crippen LogP contribution is -2.09. The van der Waals surface area contributed by atoms with Crippen LogP contribution in [0.2, 0.25) is 5.02 Å². The van der Waals surface area contributed by atoms with E-state index in [4.69, 9.17) is 16.3 Å². The molecule has 0 aliphatic heterocycles. The number of hydrogen-bond donors (Lipinski definition) is 0. The van der Waals surface area contributed by atoms with Crippen molar-refractivity contribution in [1.29, 1.82) is 0 Å². The molecule has 94 valence electrons. The van der Waals surface area contributed by atoms with Gasteiger partial charge < -0.3 is 4.74 Å². The molecular formula is C11H10ClF3O2. The summed E-state index contributed by atoms with van der Waals surface area (Å²) in [4.78, 5) is 10.4. The number of ether oxygens (including phenoxy) is 1. The van der Waals surface area contributed by atoms with Crippen LogP contribution >= 0.6 is 11.6 Å². The minimum Gasteiger partial charge on any atom is -0.492 e. The standard InChI is InChI=1S/C11H10ClF3O2/c12-9-6-8(7-16)2-3-10(9)17-5-1-4-11(13,14)15/h2-3,6-7H,1,4-5H2. The highest BCUT2D eigenvalue weighted by Gasteiger charge is 2.26. The Bertz CT molecular complexity index is 391. The van der Waals surface area contributed by atoms with Gasteiger partial charge in [-0.05, 0) is 24.6 Å². The van der Waals surface area contributed by atoms with Crippen LogP contribution in [0.5, 0.6) is 5.75 Å². The van der Waals surface area contributed by atoms with Gasteiger partial charge >= 0.3 is 6.18 Å². The first-order valence-electron chi connectivity index (χ1n) is 4.86. The van der Waals surface area contributed by atoms with Crippen LogP contribution in [0.3, 0.4) is 0 Å². The molecule has 0 unspecified atom stereocenters. The molecule has 0 heterocycles. The lowest BCUT2D eigenvalue weighted by atomic mass is 10.2. The highest BCUT2D eigenvalue weighted by atomic mass is 35.5. The Hall–Kier alpha value is -1.23. The van der Waals surface area contributed by atoms with Crippen LogP contribution in [0.4, 0.5) is 13.2 Å². The van der Waals surface area contributed by atoms with Crippen LogP contribution in [0, 0.1) is 0 Å².